The molecular weight excluding hydrogens is 444 g/mol. The highest BCUT2D eigenvalue weighted by molar-refractivity contribution is 14.0. The molecule has 3 rings (SSSR count). The molecule has 0 spiro atoms. The van der Waals surface area contributed by atoms with Crippen LogP contribution >= 0.6 is 24.0 Å². The quantitative estimate of drug-likeness (QED) is 0.401. The van der Waals surface area contributed by atoms with Crippen LogP contribution in [0, 0.1) is 12.7 Å². The van der Waals surface area contributed by atoms with Crippen LogP contribution < -0.4 is 11.1 Å². The summed E-state index contributed by atoms with van der Waals surface area (Å²) in [6.45, 7) is 3.83. The summed E-state index contributed by atoms with van der Waals surface area (Å²) in [5.74, 6) is 0.145. The number of ether oxygens (including phenoxy) is 1. The van der Waals surface area contributed by atoms with Gasteiger partial charge in [-0.15, -0.1) is 24.0 Å². The monoisotopic (exact) mass is 469 g/mol. The highest BCUT2D eigenvalue weighted by atomic mass is 127. The second-order valence-corrected chi connectivity index (χ2v) is 6.60. The Kier molecular flexibility index (Phi) is 7.40. The molecule has 0 amide bonds. The maximum absolute atomic E-state index is 13.7. The number of nitrogens with two attached hydrogens (primary N) is 1. The lowest BCUT2D eigenvalue weighted by Crippen LogP contribution is -2.38. The van der Waals surface area contributed by atoms with Gasteiger partial charge in [-0.05, 0) is 55.2 Å². The molecule has 0 saturated carbocycles. The largest absolute Gasteiger partial charge is 0.381 e. The number of rotatable bonds is 4. The minimum atomic E-state index is -0.237. The van der Waals surface area contributed by atoms with Crippen LogP contribution in [0.15, 0.2) is 53.5 Å². The molecule has 1 aliphatic heterocycles. The van der Waals surface area contributed by atoms with Gasteiger partial charge in [0.25, 0.3) is 0 Å². The number of aryl methyl sites for hydroxylation is 1. The van der Waals surface area contributed by atoms with E-state index >= 15 is 0 Å². The Morgan fingerprint density at radius 1 is 1.19 bits per heavy atom. The van der Waals surface area contributed by atoms with E-state index in [0.717, 1.165) is 29.7 Å². The third kappa shape index (κ3) is 5.17. The first kappa shape index (κ1) is 20.6. The lowest BCUT2D eigenvalue weighted by Gasteiger charge is -2.36. The van der Waals surface area contributed by atoms with Gasteiger partial charge in [0.1, 0.15) is 5.82 Å². The molecular formula is C20H25FIN3O. The number of hydrogen-bond acceptors (Lipinski definition) is 2. The zero-order chi connectivity index (χ0) is 17.7. The number of benzene rings is 2. The third-order valence-corrected chi connectivity index (χ3v) is 4.73. The van der Waals surface area contributed by atoms with E-state index in [-0.39, 0.29) is 35.2 Å². The van der Waals surface area contributed by atoms with E-state index in [1.165, 1.54) is 6.07 Å². The first-order valence-corrected chi connectivity index (χ1v) is 8.55. The van der Waals surface area contributed by atoms with E-state index in [9.17, 15) is 4.39 Å². The molecule has 1 saturated heterocycles. The average molecular weight is 469 g/mol. The van der Waals surface area contributed by atoms with Crippen molar-refractivity contribution in [3.8, 4) is 0 Å². The standard InChI is InChI=1S/C20H24FN3O.HI/c1-15-4-2-7-18(12-15)24-19(22)23-14-20(8-10-25-11-9-20)16-5-3-6-17(21)13-16;/h2-7,12-13H,8-11,14H2,1H3,(H3,22,23,24);1H. The molecule has 1 heterocycles. The van der Waals surface area contributed by atoms with Crippen molar-refractivity contribution in [2.24, 2.45) is 10.7 Å². The van der Waals surface area contributed by atoms with Crippen molar-refractivity contribution in [2.45, 2.75) is 25.2 Å². The fourth-order valence-electron chi connectivity index (χ4n) is 3.27. The van der Waals surface area contributed by atoms with Gasteiger partial charge in [-0.1, -0.05) is 24.3 Å². The number of guanidine groups is 1. The SMILES string of the molecule is Cc1cccc(NC(N)=NCC2(c3cccc(F)c3)CCOCC2)c1.I. The Balaban J connectivity index is 0.00000243. The Morgan fingerprint density at radius 2 is 1.92 bits per heavy atom. The van der Waals surface area contributed by atoms with Gasteiger partial charge in [-0.3, -0.25) is 4.99 Å². The molecule has 2 aromatic rings. The van der Waals surface area contributed by atoms with E-state index in [0.29, 0.717) is 25.7 Å². The molecule has 0 unspecified atom stereocenters. The molecule has 1 aliphatic rings. The van der Waals surface area contributed by atoms with E-state index in [1.807, 2.05) is 37.3 Å². The second kappa shape index (κ2) is 9.32. The molecule has 2 aromatic carbocycles. The summed E-state index contributed by atoms with van der Waals surface area (Å²) in [6.07, 6.45) is 1.61. The van der Waals surface area contributed by atoms with Crippen LogP contribution in [0.25, 0.3) is 0 Å². The molecule has 0 atom stereocenters. The van der Waals surface area contributed by atoms with E-state index < -0.39 is 0 Å². The topological polar surface area (TPSA) is 59.6 Å². The summed E-state index contributed by atoms with van der Waals surface area (Å²) in [4.78, 5) is 4.56. The van der Waals surface area contributed by atoms with Gasteiger partial charge in [0.2, 0.25) is 0 Å². The molecule has 0 aromatic heterocycles. The smallest absolute Gasteiger partial charge is 0.193 e. The lowest BCUT2D eigenvalue weighted by atomic mass is 9.74. The highest BCUT2D eigenvalue weighted by Crippen LogP contribution is 2.35. The molecule has 26 heavy (non-hydrogen) atoms. The number of hydrogen-bond donors (Lipinski definition) is 2. The Labute approximate surface area is 171 Å². The summed E-state index contributed by atoms with van der Waals surface area (Å²) in [7, 11) is 0. The van der Waals surface area contributed by atoms with E-state index in [4.69, 9.17) is 10.5 Å². The van der Waals surface area contributed by atoms with E-state index in [2.05, 4.69) is 10.3 Å². The zero-order valence-electron chi connectivity index (χ0n) is 14.9. The number of anilines is 1. The van der Waals surface area contributed by atoms with Crippen LogP contribution in [0.1, 0.15) is 24.0 Å². The minimum absolute atomic E-state index is 0. The van der Waals surface area contributed by atoms with Crippen LogP contribution in [-0.2, 0) is 10.2 Å². The molecule has 140 valence electrons. The summed E-state index contributed by atoms with van der Waals surface area (Å²) in [5.41, 5.74) is 8.86. The molecule has 0 aliphatic carbocycles. The summed E-state index contributed by atoms with van der Waals surface area (Å²) in [5, 5.41) is 3.12. The van der Waals surface area contributed by atoms with Crippen LogP contribution in [0.3, 0.4) is 0 Å². The van der Waals surface area contributed by atoms with Gasteiger partial charge in [0.15, 0.2) is 5.96 Å². The predicted octanol–water partition coefficient (Wildman–Crippen LogP) is 4.23. The highest BCUT2D eigenvalue weighted by Gasteiger charge is 2.34. The van der Waals surface area contributed by atoms with Crippen molar-refractivity contribution in [3.05, 3.63) is 65.5 Å². The van der Waals surface area contributed by atoms with Crippen molar-refractivity contribution in [3.63, 3.8) is 0 Å². The number of halogens is 2. The minimum Gasteiger partial charge on any atom is -0.381 e. The fraction of sp³-hybridized carbons (Fsp3) is 0.350. The van der Waals surface area contributed by atoms with Crippen LogP contribution in [0.4, 0.5) is 10.1 Å². The Morgan fingerprint density at radius 3 is 2.62 bits per heavy atom. The van der Waals surface area contributed by atoms with Crippen LogP contribution in [-0.4, -0.2) is 25.7 Å². The Hall–Kier alpha value is -1.67. The second-order valence-electron chi connectivity index (χ2n) is 6.60. The molecule has 0 radical (unpaired) electrons. The van der Waals surface area contributed by atoms with Crippen molar-refractivity contribution in [2.75, 3.05) is 25.1 Å². The Bertz CT molecular complexity index is 760. The number of nitrogens with zero attached hydrogens (tertiary/aromatic N) is 1. The summed E-state index contributed by atoms with van der Waals surface area (Å²) < 4.78 is 19.2. The van der Waals surface area contributed by atoms with E-state index in [1.54, 1.807) is 12.1 Å². The molecule has 1 fully saturated rings. The predicted molar refractivity (Wildman–Crippen MR) is 115 cm³/mol. The van der Waals surface area contributed by atoms with Gasteiger partial charge < -0.3 is 15.8 Å². The summed E-state index contributed by atoms with van der Waals surface area (Å²) in [6, 6.07) is 14.7. The van der Waals surface area contributed by atoms with Gasteiger partial charge in [0, 0.05) is 24.3 Å². The first-order chi connectivity index (χ1) is 12.1. The van der Waals surface area contributed by atoms with Crippen molar-refractivity contribution in [1.82, 2.24) is 0 Å². The molecule has 0 bridgehead atoms. The van der Waals surface area contributed by atoms with Gasteiger partial charge in [0.05, 0.1) is 6.54 Å². The van der Waals surface area contributed by atoms with Gasteiger partial charge in [-0.25, -0.2) is 4.39 Å². The summed E-state index contributed by atoms with van der Waals surface area (Å²) >= 11 is 0. The normalized spacial score (nSPS) is 16.6. The molecule has 3 N–H and O–H groups in total. The van der Waals surface area contributed by atoms with Crippen molar-refractivity contribution < 1.29 is 9.13 Å². The maximum Gasteiger partial charge on any atom is 0.193 e. The number of aliphatic imine (C=N–C) groups is 1. The average Bonchev–Trinajstić information content (AvgIpc) is 2.61. The third-order valence-electron chi connectivity index (χ3n) is 4.73. The maximum atomic E-state index is 13.7. The fourth-order valence-corrected chi connectivity index (χ4v) is 3.27. The first-order valence-electron chi connectivity index (χ1n) is 8.55. The van der Waals surface area contributed by atoms with Crippen molar-refractivity contribution >= 4 is 35.6 Å². The van der Waals surface area contributed by atoms with Crippen molar-refractivity contribution in [1.29, 1.82) is 0 Å². The number of nitrogens with one attached hydrogen (secondary N) is 1. The lowest BCUT2D eigenvalue weighted by molar-refractivity contribution is 0.0530. The molecule has 6 heteroatoms. The van der Waals surface area contributed by atoms with Crippen LogP contribution in [0.2, 0.25) is 0 Å². The zero-order valence-corrected chi connectivity index (χ0v) is 17.2. The van der Waals surface area contributed by atoms with Gasteiger partial charge in [-0.2, -0.15) is 0 Å². The van der Waals surface area contributed by atoms with Crippen LogP contribution in [0.5, 0.6) is 0 Å². The van der Waals surface area contributed by atoms with Gasteiger partial charge >= 0.3 is 0 Å². The molecule has 4 nitrogen and oxygen atoms in total.